The Kier molecular flexibility index (Phi) is 14.9. The molecule has 16 heteroatoms. The van der Waals surface area contributed by atoms with E-state index in [-0.39, 0.29) is 31.7 Å². The van der Waals surface area contributed by atoms with Crippen LogP contribution in [-0.4, -0.2) is 117 Å². The number of benzene rings is 1. The van der Waals surface area contributed by atoms with Crippen LogP contribution in [-0.2, 0) is 35.2 Å². The summed E-state index contributed by atoms with van der Waals surface area (Å²) in [6, 6.07) is 1.17. The van der Waals surface area contributed by atoms with Crippen molar-refractivity contribution >= 4 is 58.2 Å². The summed E-state index contributed by atoms with van der Waals surface area (Å²) in [5, 5.41) is 29.8. The van der Waals surface area contributed by atoms with Gasteiger partial charge in [-0.1, -0.05) is 32.0 Å². The molecule has 1 aromatic heterocycles. The Hall–Kier alpha value is -4.15. The summed E-state index contributed by atoms with van der Waals surface area (Å²) in [5.41, 5.74) is 7.98. The fraction of sp³-hybridized carbons (Fsp3) is 0.576. The van der Waals surface area contributed by atoms with Crippen LogP contribution in [0.2, 0.25) is 0 Å². The molecule has 49 heavy (non-hydrogen) atoms. The molecule has 15 nitrogen and oxygen atoms in total. The average Bonchev–Trinajstić information content (AvgIpc) is 3.72. The van der Waals surface area contributed by atoms with E-state index in [1.165, 1.54) is 23.6 Å². The van der Waals surface area contributed by atoms with Gasteiger partial charge in [0.05, 0.1) is 12.6 Å². The Bertz CT molecular complexity index is 1480. The molecule has 6 atom stereocenters. The van der Waals surface area contributed by atoms with Crippen molar-refractivity contribution in [2.75, 3.05) is 25.2 Å². The van der Waals surface area contributed by atoms with E-state index in [1.54, 1.807) is 6.20 Å². The number of carbonyl (C=O) groups is 6. The van der Waals surface area contributed by atoms with Crippen LogP contribution >= 0.6 is 11.8 Å². The van der Waals surface area contributed by atoms with Gasteiger partial charge in [-0.3, -0.25) is 24.0 Å². The van der Waals surface area contributed by atoms with Gasteiger partial charge in [0.2, 0.25) is 29.5 Å². The third kappa shape index (κ3) is 10.9. The number of nitrogens with two attached hydrogens (primary N) is 1. The minimum absolute atomic E-state index is 0.00746. The molecule has 1 aliphatic heterocycles. The fourth-order valence-electron chi connectivity index (χ4n) is 5.74. The van der Waals surface area contributed by atoms with Gasteiger partial charge in [0.1, 0.15) is 30.2 Å². The SMILES string of the molecule is CSCC[C@H](NC(=O)[C@@H]1CCCN1C(=O)[C@H](CC(C)C)NC(=O)[C@H](C)NC(=O)[C@@H](N)Cc1c[nH]c2ccccc12)C(=O)N[C@@H](CO)C(=O)O. The van der Waals surface area contributed by atoms with Crippen molar-refractivity contribution in [3.05, 3.63) is 36.0 Å². The third-order valence-electron chi connectivity index (χ3n) is 8.40. The number of aromatic nitrogens is 1. The van der Waals surface area contributed by atoms with Crippen LogP contribution in [0.25, 0.3) is 10.9 Å². The highest BCUT2D eigenvalue weighted by atomic mass is 32.2. The summed E-state index contributed by atoms with van der Waals surface area (Å²) in [7, 11) is 0. The number of para-hydroxylation sites is 1. The number of hydrogen-bond donors (Lipinski definition) is 8. The van der Waals surface area contributed by atoms with Gasteiger partial charge < -0.3 is 47.1 Å². The Labute approximate surface area is 289 Å². The minimum atomic E-state index is -1.53. The number of carboxylic acid groups (broad SMARTS) is 1. The maximum absolute atomic E-state index is 13.9. The van der Waals surface area contributed by atoms with Gasteiger partial charge in [-0.05, 0) is 68.6 Å². The quantitative estimate of drug-likeness (QED) is 0.102. The summed E-state index contributed by atoms with van der Waals surface area (Å²) in [6.45, 7) is 4.71. The van der Waals surface area contributed by atoms with Crippen LogP contribution in [0.4, 0.5) is 0 Å². The topological polar surface area (TPSA) is 236 Å². The van der Waals surface area contributed by atoms with Crippen molar-refractivity contribution < 1.29 is 39.0 Å². The Morgan fingerprint density at radius 1 is 0.980 bits per heavy atom. The van der Waals surface area contributed by atoms with Gasteiger partial charge in [0.25, 0.3) is 0 Å². The first kappa shape index (κ1) is 39.3. The Morgan fingerprint density at radius 3 is 2.33 bits per heavy atom. The average molecular weight is 704 g/mol. The number of rotatable bonds is 18. The predicted octanol–water partition coefficient (Wildman–Crippen LogP) is -0.136. The monoisotopic (exact) mass is 703 g/mol. The number of amides is 5. The summed E-state index contributed by atoms with van der Waals surface area (Å²) in [5.74, 6) is -3.86. The molecule has 1 aliphatic rings. The lowest BCUT2D eigenvalue weighted by Crippen LogP contribution is -2.59. The first-order valence-electron chi connectivity index (χ1n) is 16.4. The number of aliphatic hydroxyl groups excluding tert-OH is 1. The smallest absolute Gasteiger partial charge is 0.328 e. The predicted molar refractivity (Wildman–Crippen MR) is 185 cm³/mol. The molecule has 0 spiro atoms. The second-order valence-corrected chi connectivity index (χ2v) is 13.7. The van der Waals surface area contributed by atoms with Crippen LogP contribution in [0.15, 0.2) is 30.5 Å². The van der Waals surface area contributed by atoms with E-state index in [1.807, 2.05) is 44.4 Å². The number of aliphatic carboxylic acids is 1. The number of H-pyrrole nitrogens is 1. The number of nitrogens with zero attached hydrogens (tertiary/aromatic N) is 1. The lowest BCUT2D eigenvalue weighted by Gasteiger charge is -2.31. The highest BCUT2D eigenvalue weighted by Crippen LogP contribution is 2.22. The van der Waals surface area contributed by atoms with Crippen molar-refractivity contribution in [3.8, 4) is 0 Å². The molecule has 270 valence electrons. The zero-order valence-electron chi connectivity index (χ0n) is 28.4. The lowest BCUT2D eigenvalue weighted by atomic mass is 10.0. The van der Waals surface area contributed by atoms with Gasteiger partial charge >= 0.3 is 5.97 Å². The second kappa shape index (κ2) is 18.6. The first-order valence-corrected chi connectivity index (χ1v) is 17.8. The van der Waals surface area contributed by atoms with Crippen molar-refractivity contribution in [3.63, 3.8) is 0 Å². The molecule has 2 aromatic rings. The Morgan fingerprint density at radius 2 is 1.67 bits per heavy atom. The molecule has 1 aromatic carbocycles. The molecule has 0 saturated carbocycles. The molecule has 0 radical (unpaired) electrons. The fourth-order valence-corrected chi connectivity index (χ4v) is 6.21. The number of likely N-dealkylation sites (tertiary alicyclic amines) is 1. The van der Waals surface area contributed by atoms with Crippen molar-refractivity contribution in [1.82, 2.24) is 31.2 Å². The molecule has 1 fully saturated rings. The largest absolute Gasteiger partial charge is 0.480 e. The highest BCUT2D eigenvalue weighted by molar-refractivity contribution is 7.98. The van der Waals surface area contributed by atoms with E-state index in [9.17, 15) is 39.0 Å². The number of nitrogens with one attached hydrogen (secondary N) is 5. The van der Waals surface area contributed by atoms with Crippen molar-refractivity contribution in [2.45, 2.75) is 89.1 Å². The van der Waals surface area contributed by atoms with Crippen LogP contribution < -0.4 is 27.0 Å². The normalized spacial score (nSPS) is 17.5. The van der Waals surface area contributed by atoms with E-state index >= 15 is 0 Å². The second-order valence-electron chi connectivity index (χ2n) is 12.7. The lowest BCUT2D eigenvalue weighted by molar-refractivity contribution is -0.144. The standard InChI is InChI=1S/C33H49N7O8S/c1-18(2)14-25(38-28(42)19(3)36-29(43)22(34)15-20-16-35-23-9-6-5-8-21(20)23)32(46)40-12-7-10-27(40)31(45)37-24(11-13-49-4)30(44)39-26(17-41)33(47)48/h5-6,8-9,16,18-19,22,24-27,35,41H,7,10-15,17,34H2,1-4H3,(H,36,43)(H,37,45)(H,38,42)(H,39,44)(H,47,48)/t19-,22-,24-,25-,26-,27-/m0/s1. The molecule has 0 bridgehead atoms. The van der Waals surface area contributed by atoms with Crippen LogP contribution in [0.3, 0.4) is 0 Å². The molecule has 1 saturated heterocycles. The first-order chi connectivity index (χ1) is 23.3. The van der Waals surface area contributed by atoms with Gasteiger partial charge in [-0.25, -0.2) is 4.79 Å². The summed E-state index contributed by atoms with van der Waals surface area (Å²) >= 11 is 1.43. The maximum atomic E-state index is 13.9. The molecule has 2 heterocycles. The zero-order valence-corrected chi connectivity index (χ0v) is 29.2. The molecule has 9 N–H and O–H groups in total. The maximum Gasteiger partial charge on any atom is 0.328 e. The molecular weight excluding hydrogens is 654 g/mol. The number of carboxylic acids is 1. The Balaban J connectivity index is 1.65. The van der Waals surface area contributed by atoms with E-state index in [0.717, 1.165) is 16.5 Å². The van der Waals surface area contributed by atoms with E-state index in [2.05, 4.69) is 26.3 Å². The molecule has 0 unspecified atom stereocenters. The van der Waals surface area contributed by atoms with Crippen LogP contribution in [0.5, 0.6) is 0 Å². The number of hydrogen-bond acceptors (Lipinski definition) is 9. The molecular formula is C33H49N7O8S. The number of carbonyl (C=O) groups excluding carboxylic acids is 5. The zero-order chi connectivity index (χ0) is 36.2. The third-order valence-corrected chi connectivity index (χ3v) is 9.05. The van der Waals surface area contributed by atoms with Gasteiger partial charge in [-0.2, -0.15) is 11.8 Å². The number of thioether (sulfide) groups is 1. The molecule has 3 rings (SSSR count). The molecule has 0 aliphatic carbocycles. The molecule has 5 amide bonds. The van der Waals surface area contributed by atoms with E-state index in [0.29, 0.717) is 18.6 Å². The summed E-state index contributed by atoms with van der Waals surface area (Å²) < 4.78 is 0. The summed E-state index contributed by atoms with van der Waals surface area (Å²) in [4.78, 5) is 82.3. The van der Waals surface area contributed by atoms with Crippen LogP contribution in [0.1, 0.15) is 52.0 Å². The van der Waals surface area contributed by atoms with Crippen LogP contribution in [0, 0.1) is 5.92 Å². The van der Waals surface area contributed by atoms with Crippen molar-refractivity contribution in [2.24, 2.45) is 11.7 Å². The van der Waals surface area contributed by atoms with Crippen molar-refractivity contribution in [1.29, 1.82) is 0 Å². The van der Waals surface area contributed by atoms with Gasteiger partial charge in [0, 0.05) is 23.6 Å². The van der Waals surface area contributed by atoms with Gasteiger partial charge in [0.15, 0.2) is 0 Å². The van der Waals surface area contributed by atoms with E-state index < -0.39 is 78.4 Å². The van der Waals surface area contributed by atoms with E-state index in [4.69, 9.17) is 5.73 Å². The number of aromatic amines is 1. The summed E-state index contributed by atoms with van der Waals surface area (Å²) in [6.07, 6.45) is 5.17. The minimum Gasteiger partial charge on any atom is -0.480 e. The van der Waals surface area contributed by atoms with Gasteiger partial charge in [-0.15, -0.1) is 0 Å². The highest BCUT2D eigenvalue weighted by Gasteiger charge is 2.39. The number of aliphatic hydroxyl groups is 1. The number of fused-ring (bicyclic) bond motifs is 1.